The molecule has 0 saturated carbocycles. The van der Waals surface area contributed by atoms with Gasteiger partial charge in [0.15, 0.2) is 0 Å². The van der Waals surface area contributed by atoms with Gasteiger partial charge in [0.1, 0.15) is 17.7 Å². The van der Waals surface area contributed by atoms with Gasteiger partial charge < -0.3 is 25.5 Å². The van der Waals surface area contributed by atoms with Crippen LogP contribution in [0.5, 0.6) is 11.5 Å². The standard InChI is InChI=1S/C26H31N5O2/c1-17(2)27-15-20-9-10-21(16-28-20)29-26-14-24(30-31-26)19-7-5-18(6-8-19)23-12-11-22(32-3)13-25(23)33-4/h5-14,16-17,26-27,29-31H,15H2,1-4H3/t26-/m0/s1. The molecule has 1 atom stereocenters. The molecular formula is C26H31N5O2. The van der Waals surface area contributed by atoms with Gasteiger partial charge in [-0.05, 0) is 41.5 Å². The molecule has 7 nitrogen and oxygen atoms in total. The van der Waals surface area contributed by atoms with Gasteiger partial charge >= 0.3 is 0 Å². The zero-order chi connectivity index (χ0) is 23.2. The zero-order valence-electron chi connectivity index (χ0n) is 19.5. The molecule has 0 unspecified atom stereocenters. The third-order valence-electron chi connectivity index (χ3n) is 5.45. The molecule has 0 aliphatic carbocycles. The Balaban J connectivity index is 1.41. The summed E-state index contributed by atoms with van der Waals surface area (Å²) in [4.78, 5) is 4.52. The quantitative estimate of drug-likeness (QED) is 0.394. The number of rotatable bonds is 9. The molecule has 172 valence electrons. The number of benzene rings is 2. The van der Waals surface area contributed by atoms with E-state index in [1.807, 2.05) is 30.5 Å². The maximum absolute atomic E-state index is 5.54. The smallest absolute Gasteiger partial charge is 0.130 e. The Morgan fingerprint density at radius 2 is 1.76 bits per heavy atom. The number of ether oxygens (including phenoxy) is 2. The fourth-order valence-electron chi connectivity index (χ4n) is 3.62. The number of nitrogens with zero attached hydrogens (tertiary/aromatic N) is 1. The van der Waals surface area contributed by atoms with E-state index in [-0.39, 0.29) is 6.17 Å². The first-order valence-corrected chi connectivity index (χ1v) is 11.1. The number of methoxy groups -OCH3 is 2. The fraction of sp³-hybridized carbons (Fsp3) is 0.269. The molecule has 0 spiro atoms. The Morgan fingerprint density at radius 3 is 2.42 bits per heavy atom. The minimum absolute atomic E-state index is 0.0391. The summed E-state index contributed by atoms with van der Waals surface area (Å²) in [5.74, 6) is 1.56. The van der Waals surface area contributed by atoms with Gasteiger partial charge in [-0.25, -0.2) is 5.43 Å². The number of hydrazine groups is 1. The lowest BCUT2D eigenvalue weighted by atomic mass is 10.0. The fourth-order valence-corrected chi connectivity index (χ4v) is 3.62. The second kappa shape index (κ2) is 10.4. The topological polar surface area (TPSA) is 79.5 Å². The lowest BCUT2D eigenvalue weighted by molar-refractivity contribution is 0.395. The van der Waals surface area contributed by atoms with Crippen LogP contribution in [0.2, 0.25) is 0 Å². The normalized spacial score (nSPS) is 15.2. The molecular weight excluding hydrogens is 414 g/mol. The average Bonchev–Trinajstić information content (AvgIpc) is 3.31. The monoisotopic (exact) mass is 445 g/mol. The molecule has 0 amide bonds. The summed E-state index contributed by atoms with van der Waals surface area (Å²) in [5.41, 5.74) is 12.7. The van der Waals surface area contributed by atoms with Crippen molar-refractivity contribution in [2.24, 2.45) is 0 Å². The average molecular weight is 446 g/mol. The summed E-state index contributed by atoms with van der Waals surface area (Å²) < 4.78 is 10.8. The van der Waals surface area contributed by atoms with Crippen molar-refractivity contribution in [3.8, 4) is 22.6 Å². The maximum Gasteiger partial charge on any atom is 0.130 e. The number of hydrogen-bond acceptors (Lipinski definition) is 7. The van der Waals surface area contributed by atoms with Gasteiger partial charge in [-0.3, -0.25) is 4.98 Å². The highest BCUT2D eigenvalue weighted by molar-refractivity contribution is 5.75. The predicted octanol–water partition coefficient (Wildman–Crippen LogP) is 4.15. The van der Waals surface area contributed by atoms with Crippen LogP contribution < -0.4 is 31.0 Å². The van der Waals surface area contributed by atoms with Gasteiger partial charge in [0.25, 0.3) is 0 Å². The van der Waals surface area contributed by atoms with Gasteiger partial charge in [0, 0.05) is 24.2 Å². The van der Waals surface area contributed by atoms with E-state index in [0.29, 0.717) is 6.04 Å². The summed E-state index contributed by atoms with van der Waals surface area (Å²) in [6, 6.07) is 18.8. The van der Waals surface area contributed by atoms with Gasteiger partial charge in [-0.1, -0.05) is 38.1 Å². The predicted molar refractivity (Wildman–Crippen MR) is 133 cm³/mol. The third-order valence-corrected chi connectivity index (χ3v) is 5.45. The molecule has 33 heavy (non-hydrogen) atoms. The Morgan fingerprint density at radius 1 is 0.970 bits per heavy atom. The van der Waals surface area contributed by atoms with E-state index in [0.717, 1.165) is 51.8 Å². The van der Waals surface area contributed by atoms with Crippen LogP contribution in [0.25, 0.3) is 16.8 Å². The van der Waals surface area contributed by atoms with Crippen LogP contribution in [0.4, 0.5) is 5.69 Å². The molecule has 0 bridgehead atoms. The molecule has 7 heteroatoms. The first-order chi connectivity index (χ1) is 16.1. The molecule has 0 fully saturated rings. The molecule has 1 aliphatic rings. The Kier molecular flexibility index (Phi) is 7.12. The van der Waals surface area contributed by atoms with Crippen LogP contribution in [0, 0.1) is 0 Å². The van der Waals surface area contributed by atoms with E-state index in [2.05, 4.69) is 76.7 Å². The molecule has 4 rings (SSSR count). The van der Waals surface area contributed by atoms with Crippen LogP contribution in [0.3, 0.4) is 0 Å². The van der Waals surface area contributed by atoms with Crippen molar-refractivity contribution in [1.82, 2.24) is 21.2 Å². The Hall–Kier alpha value is -3.55. The van der Waals surface area contributed by atoms with E-state index in [1.54, 1.807) is 14.2 Å². The van der Waals surface area contributed by atoms with E-state index >= 15 is 0 Å². The zero-order valence-corrected chi connectivity index (χ0v) is 19.5. The summed E-state index contributed by atoms with van der Waals surface area (Å²) in [6.07, 6.45) is 3.95. The van der Waals surface area contributed by atoms with Gasteiger partial charge in [0.05, 0.1) is 37.5 Å². The SMILES string of the molecule is COc1ccc(-c2ccc(C3=C[C@@H](Nc4ccc(CNC(C)C)nc4)NN3)cc2)c(OC)c1. The first kappa shape index (κ1) is 22.6. The van der Waals surface area contributed by atoms with Crippen molar-refractivity contribution < 1.29 is 9.47 Å². The van der Waals surface area contributed by atoms with E-state index < -0.39 is 0 Å². The molecule has 0 saturated heterocycles. The lowest BCUT2D eigenvalue weighted by Crippen LogP contribution is -2.36. The largest absolute Gasteiger partial charge is 0.497 e. The summed E-state index contributed by atoms with van der Waals surface area (Å²) in [5, 5.41) is 6.81. The van der Waals surface area contributed by atoms with E-state index in [1.165, 1.54) is 0 Å². The number of nitrogens with one attached hydrogen (secondary N) is 4. The van der Waals surface area contributed by atoms with Gasteiger partial charge in [-0.15, -0.1) is 0 Å². The highest BCUT2D eigenvalue weighted by Crippen LogP contribution is 2.33. The molecule has 0 radical (unpaired) electrons. The summed E-state index contributed by atoms with van der Waals surface area (Å²) in [6.45, 7) is 5.02. The molecule has 2 aromatic carbocycles. The van der Waals surface area contributed by atoms with Crippen molar-refractivity contribution in [3.05, 3.63) is 78.1 Å². The van der Waals surface area contributed by atoms with Crippen LogP contribution in [0.1, 0.15) is 25.1 Å². The minimum Gasteiger partial charge on any atom is -0.497 e. The van der Waals surface area contributed by atoms with Crippen molar-refractivity contribution in [2.45, 2.75) is 32.6 Å². The van der Waals surface area contributed by atoms with Crippen molar-refractivity contribution >= 4 is 11.4 Å². The summed E-state index contributed by atoms with van der Waals surface area (Å²) in [7, 11) is 3.32. The molecule has 4 N–H and O–H groups in total. The van der Waals surface area contributed by atoms with E-state index in [4.69, 9.17) is 9.47 Å². The number of pyridine rings is 1. The Bertz CT molecular complexity index is 1090. The molecule has 3 aromatic rings. The van der Waals surface area contributed by atoms with Crippen LogP contribution >= 0.6 is 0 Å². The lowest BCUT2D eigenvalue weighted by Gasteiger charge is -2.13. The first-order valence-electron chi connectivity index (χ1n) is 11.1. The van der Waals surface area contributed by atoms with Gasteiger partial charge in [-0.2, -0.15) is 0 Å². The van der Waals surface area contributed by atoms with Crippen molar-refractivity contribution in [2.75, 3.05) is 19.5 Å². The highest BCUT2D eigenvalue weighted by atomic mass is 16.5. The number of anilines is 1. The Labute approximate surface area is 195 Å². The molecule has 1 aromatic heterocycles. The molecule has 1 aliphatic heterocycles. The second-order valence-corrected chi connectivity index (χ2v) is 8.19. The van der Waals surface area contributed by atoms with Crippen LogP contribution in [-0.4, -0.2) is 31.4 Å². The third kappa shape index (κ3) is 5.63. The second-order valence-electron chi connectivity index (χ2n) is 8.19. The van der Waals surface area contributed by atoms with E-state index in [9.17, 15) is 0 Å². The highest BCUT2D eigenvalue weighted by Gasteiger charge is 2.16. The minimum atomic E-state index is -0.0391. The maximum atomic E-state index is 5.54. The molecule has 2 heterocycles. The summed E-state index contributed by atoms with van der Waals surface area (Å²) >= 11 is 0. The van der Waals surface area contributed by atoms with Crippen LogP contribution in [-0.2, 0) is 6.54 Å². The number of hydrogen-bond donors (Lipinski definition) is 4. The number of aromatic nitrogens is 1. The van der Waals surface area contributed by atoms with Crippen LogP contribution in [0.15, 0.2) is 66.9 Å². The van der Waals surface area contributed by atoms with Gasteiger partial charge in [0.2, 0.25) is 0 Å². The van der Waals surface area contributed by atoms with Crippen molar-refractivity contribution in [3.63, 3.8) is 0 Å². The van der Waals surface area contributed by atoms with Crippen molar-refractivity contribution in [1.29, 1.82) is 0 Å².